The molecular weight excluding hydrogens is 376 g/mol. The van der Waals surface area contributed by atoms with Crippen LogP contribution in [-0.4, -0.2) is 56.4 Å². The lowest BCUT2D eigenvalue weighted by atomic mass is 9.76. The molecule has 1 atom stereocenters. The van der Waals surface area contributed by atoms with Crippen molar-refractivity contribution < 1.29 is 4.52 Å². The van der Waals surface area contributed by atoms with E-state index in [1.807, 2.05) is 48.3 Å². The first-order valence-electron chi connectivity index (χ1n) is 10.8. The zero-order valence-corrected chi connectivity index (χ0v) is 18.1. The number of rotatable bonds is 4. The van der Waals surface area contributed by atoms with Crippen LogP contribution in [0.2, 0.25) is 0 Å². The van der Waals surface area contributed by atoms with Crippen LogP contribution in [0.5, 0.6) is 0 Å². The van der Waals surface area contributed by atoms with Gasteiger partial charge in [-0.25, -0.2) is 0 Å². The Kier molecular flexibility index (Phi) is 4.95. The highest BCUT2D eigenvalue weighted by atomic mass is 16.5. The van der Waals surface area contributed by atoms with E-state index >= 15 is 0 Å². The molecule has 1 aromatic carbocycles. The zero-order chi connectivity index (χ0) is 20.7. The summed E-state index contributed by atoms with van der Waals surface area (Å²) < 4.78 is 7.54. The van der Waals surface area contributed by atoms with Crippen molar-refractivity contribution in [3.63, 3.8) is 0 Å². The van der Waals surface area contributed by atoms with Crippen molar-refractivity contribution >= 4 is 0 Å². The summed E-state index contributed by atoms with van der Waals surface area (Å²) in [6.07, 6.45) is 5.56. The molecule has 158 valence electrons. The Morgan fingerprint density at radius 2 is 1.90 bits per heavy atom. The van der Waals surface area contributed by atoms with E-state index in [0.717, 1.165) is 44.0 Å². The minimum atomic E-state index is 0.235. The molecule has 4 heterocycles. The lowest BCUT2D eigenvalue weighted by Crippen LogP contribution is -2.40. The van der Waals surface area contributed by atoms with Crippen LogP contribution in [0.3, 0.4) is 0 Å². The zero-order valence-electron chi connectivity index (χ0n) is 18.1. The van der Waals surface area contributed by atoms with Crippen molar-refractivity contribution in [1.82, 2.24) is 29.7 Å². The van der Waals surface area contributed by atoms with Gasteiger partial charge in [0.25, 0.3) is 5.89 Å². The van der Waals surface area contributed by atoms with E-state index in [-0.39, 0.29) is 6.04 Å². The molecule has 0 aliphatic carbocycles. The Hall–Kier alpha value is -2.51. The fourth-order valence-corrected chi connectivity index (χ4v) is 5.11. The first-order chi connectivity index (χ1) is 14.5. The van der Waals surface area contributed by atoms with Gasteiger partial charge in [-0.15, -0.1) is 0 Å². The molecule has 7 nitrogen and oxygen atoms in total. The monoisotopic (exact) mass is 406 g/mol. The molecule has 0 bridgehead atoms. The number of benzene rings is 1. The summed E-state index contributed by atoms with van der Waals surface area (Å²) in [5.74, 6) is 1.43. The second-order valence-electron chi connectivity index (χ2n) is 9.11. The Morgan fingerprint density at radius 1 is 1.13 bits per heavy atom. The lowest BCUT2D eigenvalue weighted by molar-refractivity contribution is 0.105. The predicted molar refractivity (Wildman–Crippen MR) is 115 cm³/mol. The van der Waals surface area contributed by atoms with E-state index in [0.29, 0.717) is 11.3 Å². The van der Waals surface area contributed by atoms with Crippen LogP contribution >= 0.6 is 0 Å². The molecule has 2 aliphatic heterocycles. The van der Waals surface area contributed by atoms with Gasteiger partial charge in [0.05, 0.1) is 12.2 Å². The van der Waals surface area contributed by atoms with Gasteiger partial charge in [-0.1, -0.05) is 23.4 Å². The van der Waals surface area contributed by atoms with Crippen LogP contribution in [0, 0.1) is 12.3 Å². The van der Waals surface area contributed by atoms with Crippen molar-refractivity contribution in [3.8, 4) is 11.5 Å². The first-order valence-corrected chi connectivity index (χ1v) is 10.8. The van der Waals surface area contributed by atoms with E-state index in [4.69, 9.17) is 9.51 Å². The van der Waals surface area contributed by atoms with Crippen LogP contribution in [0.25, 0.3) is 11.5 Å². The molecule has 2 saturated heterocycles. The molecule has 3 aromatic rings. The smallest absolute Gasteiger partial charge is 0.257 e. The number of hydrogen-bond acceptors (Lipinski definition) is 6. The Balaban J connectivity index is 1.24. The normalized spacial score (nSPS) is 22.2. The summed E-state index contributed by atoms with van der Waals surface area (Å²) >= 11 is 0. The molecule has 2 fully saturated rings. The highest BCUT2D eigenvalue weighted by Crippen LogP contribution is 2.48. The topological polar surface area (TPSA) is 63.2 Å². The fourth-order valence-electron chi connectivity index (χ4n) is 5.11. The maximum absolute atomic E-state index is 5.58. The molecule has 1 spiro atoms. The van der Waals surface area contributed by atoms with E-state index in [1.54, 1.807) is 0 Å². The number of nitrogens with zero attached hydrogens (tertiary/aromatic N) is 6. The Bertz CT molecular complexity index is 1000. The third-order valence-corrected chi connectivity index (χ3v) is 7.15. The molecule has 0 N–H and O–H groups in total. The molecule has 1 unspecified atom stereocenters. The summed E-state index contributed by atoms with van der Waals surface area (Å²) in [4.78, 5) is 9.73. The maximum Gasteiger partial charge on any atom is 0.257 e. The molecule has 0 saturated carbocycles. The second kappa shape index (κ2) is 7.63. The highest BCUT2D eigenvalue weighted by molar-refractivity contribution is 5.52. The molecule has 0 radical (unpaired) electrons. The average Bonchev–Trinajstić information content (AvgIpc) is 3.45. The molecular formula is C23H30N6O. The van der Waals surface area contributed by atoms with E-state index in [1.165, 1.54) is 24.1 Å². The first kappa shape index (κ1) is 19.5. The van der Waals surface area contributed by atoms with Gasteiger partial charge >= 0.3 is 0 Å². The number of aryl methyl sites for hydroxylation is 1. The highest BCUT2D eigenvalue weighted by Gasteiger charge is 2.46. The number of likely N-dealkylation sites (tertiary alicyclic amines) is 2. The fraction of sp³-hybridized carbons (Fsp3) is 0.522. The molecule has 2 aromatic heterocycles. The van der Waals surface area contributed by atoms with Crippen LogP contribution in [0.1, 0.15) is 42.4 Å². The third-order valence-electron chi connectivity index (χ3n) is 7.15. The van der Waals surface area contributed by atoms with Gasteiger partial charge in [0, 0.05) is 37.0 Å². The van der Waals surface area contributed by atoms with Crippen molar-refractivity contribution in [2.24, 2.45) is 12.5 Å². The van der Waals surface area contributed by atoms with E-state index in [2.05, 4.69) is 34.0 Å². The molecule has 30 heavy (non-hydrogen) atoms. The largest absolute Gasteiger partial charge is 0.334 e. The average molecular weight is 407 g/mol. The van der Waals surface area contributed by atoms with Crippen molar-refractivity contribution in [2.75, 3.05) is 26.7 Å². The molecule has 0 amide bonds. The number of hydrogen-bond donors (Lipinski definition) is 0. The lowest BCUT2D eigenvalue weighted by Gasteiger charge is -2.39. The van der Waals surface area contributed by atoms with Gasteiger partial charge < -0.3 is 4.52 Å². The summed E-state index contributed by atoms with van der Waals surface area (Å²) in [6, 6.07) is 10.2. The number of piperidine rings is 1. The summed E-state index contributed by atoms with van der Waals surface area (Å²) in [5, 5.41) is 8.73. The van der Waals surface area contributed by atoms with Crippen molar-refractivity contribution in [3.05, 3.63) is 53.6 Å². The van der Waals surface area contributed by atoms with Gasteiger partial charge in [-0.2, -0.15) is 10.1 Å². The van der Waals surface area contributed by atoms with Gasteiger partial charge in [0.2, 0.25) is 0 Å². The van der Waals surface area contributed by atoms with Crippen molar-refractivity contribution in [1.29, 1.82) is 0 Å². The van der Waals surface area contributed by atoms with Crippen LogP contribution in [0.4, 0.5) is 0 Å². The van der Waals surface area contributed by atoms with Gasteiger partial charge in [-0.05, 0) is 63.9 Å². The van der Waals surface area contributed by atoms with E-state index in [9.17, 15) is 0 Å². The minimum absolute atomic E-state index is 0.235. The van der Waals surface area contributed by atoms with Crippen LogP contribution < -0.4 is 0 Å². The van der Waals surface area contributed by atoms with Gasteiger partial charge in [0.1, 0.15) is 0 Å². The molecule has 5 rings (SSSR count). The summed E-state index contributed by atoms with van der Waals surface area (Å²) in [7, 11) is 4.21. The SMILES string of the molecule is Cc1c(CN2CCC3(CC2)CC(c2noc(-c4ccccc4)n2)N(C)C3)cnn1C. The number of aromatic nitrogens is 4. The quantitative estimate of drug-likeness (QED) is 0.661. The Morgan fingerprint density at radius 3 is 2.60 bits per heavy atom. The van der Waals surface area contributed by atoms with Gasteiger partial charge in [-0.3, -0.25) is 14.5 Å². The van der Waals surface area contributed by atoms with Crippen LogP contribution in [0.15, 0.2) is 41.1 Å². The van der Waals surface area contributed by atoms with Gasteiger partial charge in [0.15, 0.2) is 5.82 Å². The predicted octanol–water partition coefficient (Wildman–Crippen LogP) is 3.44. The van der Waals surface area contributed by atoms with E-state index < -0.39 is 0 Å². The second-order valence-corrected chi connectivity index (χ2v) is 9.11. The third kappa shape index (κ3) is 3.56. The van der Waals surface area contributed by atoms with Crippen LogP contribution in [-0.2, 0) is 13.6 Å². The Labute approximate surface area is 177 Å². The van der Waals surface area contributed by atoms with Crippen molar-refractivity contribution in [2.45, 2.75) is 38.8 Å². The summed E-state index contributed by atoms with van der Waals surface area (Å²) in [6.45, 7) is 6.53. The standard InChI is InChI=1S/C23H30N6O/c1-17-19(14-24-28(17)3)15-29-11-9-23(10-12-29)13-20(27(2)16-23)21-25-22(30-26-21)18-7-5-4-6-8-18/h4-8,14,20H,9-13,15-16H2,1-3H3. The summed E-state index contributed by atoms with van der Waals surface area (Å²) in [5.41, 5.74) is 3.94. The minimum Gasteiger partial charge on any atom is -0.334 e. The molecule has 2 aliphatic rings. The molecule has 7 heteroatoms. The maximum atomic E-state index is 5.58.